The van der Waals surface area contributed by atoms with E-state index in [0.717, 1.165) is 51.4 Å². The Hall–Kier alpha value is -1.66. The molecule has 26 heavy (non-hydrogen) atoms. The van der Waals surface area contributed by atoms with Crippen LogP contribution in [0.15, 0.2) is 24.3 Å². The van der Waals surface area contributed by atoms with Crippen LogP contribution < -0.4 is 0 Å². The average Bonchev–Trinajstić information content (AvgIpc) is 2.68. The average molecular weight is 368 g/mol. The van der Waals surface area contributed by atoms with E-state index in [0.29, 0.717) is 0 Å². The normalized spacial score (nSPS) is 18.2. The summed E-state index contributed by atoms with van der Waals surface area (Å²) < 4.78 is 10.3. The van der Waals surface area contributed by atoms with Crippen LogP contribution in [0.1, 0.15) is 64.2 Å². The first-order valence-electron chi connectivity index (χ1n) is 9.47. The molecule has 2 aliphatic carbocycles. The van der Waals surface area contributed by atoms with Crippen molar-refractivity contribution in [3.05, 3.63) is 24.3 Å². The molecule has 0 aromatic rings. The Morgan fingerprint density at radius 3 is 1.27 bits per heavy atom. The molecule has 2 N–H and O–H groups in total. The predicted molar refractivity (Wildman–Crippen MR) is 98.4 cm³/mol. The number of carbonyl (C=O) groups excluding carboxylic acids is 2. The van der Waals surface area contributed by atoms with Gasteiger partial charge in [0.05, 0.1) is 24.4 Å². The van der Waals surface area contributed by atoms with Gasteiger partial charge in [-0.3, -0.25) is 0 Å². The highest BCUT2D eigenvalue weighted by atomic mass is 16.5. The lowest BCUT2D eigenvalue weighted by Crippen LogP contribution is -2.22. The summed E-state index contributed by atoms with van der Waals surface area (Å²) in [4.78, 5) is 22.3. The molecule has 0 amide bonds. The largest absolute Gasteiger partial charge is 0.459 e. The summed E-state index contributed by atoms with van der Waals surface area (Å²) in [5.41, 5.74) is 0.288. The molecule has 148 valence electrons. The molecule has 6 heteroatoms. The van der Waals surface area contributed by atoms with E-state index in [2.05, 4.69) is 13.2 Å². The lowest BCUT2D eigenvalue weighted by atomic mass is 9.98. The van der Waals surface area contributed by atoms with Gasteiger partial charge in [0.1, 0.15) is 12.2 Å². The van der Waals surface area contributed by atoms with Crippen LogP contribution in [0, 0.1) is 0 Å². The van der Waals surface area contributed by atoms with Crippen molar-refractivity contribution in [2.24, 2.45) is 0 Å². The monoisotopic (exact) mass is 368 g/mol. The van der Waals surface area contributed by atoms with Crippen molar-refractivity contribution >= 4 is 11.9 Å². The summed E-state index contributed by atoms with van der Waals surface area (Å²) in [6.07, 6.45) is 10.9. The van der Waals surface area contributed by atoms with Crippen molar-refractivity contribution in [3.8, 4) is 0 Å². The Balaban J connectivity index is 0.000000260. The van der Waals surface area contributed by atoms with E-state index in [1.165, 1.54) is 12.8 Å². The molecule has 2 fully saturated rings. The Labute approximate surface area is 155 Å². The molecular formula is C20H32O6. The van der Waals surface area contributed by atoms with Crippen LogP contribution in [0.3, 0.4) is 0 Å². The first-order chi connectivity index (χ1) is 12.5. The van der Waals surface area contributed by atoms with Gasteiger partial charge in [0.25, 0.3) is 0 Å². The van der Waals surface area contributed by atoms with Gasteiger partial charge < -0.3 is 19.7 Å². The molecule has 0 aromatic heterocycles. The minimum absolute atomic E-state index is 0.0459. The van der Waals surface area contributed by atoms with Crippen LogP contribution in [-0.2, 0) is 19.1 Å². The third-order valence-corrected chi connectivity index (χ3v) is 4.61. The zero-order valence-electron chi connectivity index (χ0n) is 15.6. The maximum Gasteiger partial charge on any atom is 0.336 e. The molecule has 2 saturated carbocycles. The molecule has 0 heterocycles. The maximum absolute atomic E-state index is 11.2. The maximum atomic E-state index is 11.2. The molecule has 0 atom stereocenters. The van der Waals surface area contributed by atoms with Crippen LogP contribution in [0.5, 0.6) is 0 Å². The molecular weight excluding hydrogens is 336 g/mol. The van der Waals surface area contributed by atoms with Crippen LogP contribution in [0.4, 0.5) is 0 Å². The fourth-order valence-corrected chi connectivity index (χ4v) is 2.96. The van der Waals surface area contributed by atoms with Crippen molar-refractivity contribution in [2.45, 2.75) is 76.4 Å². The van der Waals surface area contributed by atoms with E-state index in [-0.39, 0.29) is 36.6 Å². The van der Waals surface area contributed by atoms with Crippen molar-refractivity contribution in [1.82, 2.24) is 0 Å². The minimum Gasteiger partial charge on any atom is -0.459 e. The second-order valence-corrected chi connectivity index (χ2v) is 6.85. The fourth-order valence-electron chi connectivity index (χ4n) is 2.96. The van der Waals surface area contributed by atoms with Crippen molar-refractivity contribution in [2.75, 3.05) is 13.2 Å². The van der Waals surface area contributed by atoms with Gasteiger partial charge in [-0.2, -0.15) is 0 Å². The lowest BCUT2D eigenvalue weighted by molar-refractivity contribution is -0.147. The van der Waals surface area contributed by atoms with Gasteiger partial charge in [0, 0.05) is 0 Å². The van der Waals surface area contributed by atoms with Crippen molar-refractivity contribution < 1.29 is 29.3 Å². The van der Waals surface area contributed by atoms with E-state index in [1.54, 1.807) is 0 Å². The van der Waals surface area contributed by atoms with E-state index in [4.69, 9.17) is 19.7 Å². The molecule has 0 saturated heterocycles. The van der Waals surface area contributed by atoms with E-state index in [9.17, 15) is 9.59 Å². The Morgan fingerprint density at radius 1 is 0.692 bits per heavy atom. The highest BCUT2D eigenvalue weighted by Gasteiger charge is 2.19. The number of rotatable bonds is 6. The number of ether oxygens (including phenoxy) is 2. The first-order valence-corrected chi connectivity index (χ1v) is 9.47. The van der Waals surface area contributed by atoms with Crippen LogP contribution in [0.2, 0.25) is 0 Å². The topological polar surface area (TPSA) is 93.1 Å². The number of esters is 2. The van der Waals surface area contributed by atoms with Gasteiger partial charge in [0.2, 0.25) is 0 Å². The molecule has 2 aliphatic rings. The number of hydrogen-bond donors (Lipinski definition) is 2. The van der Waals surface area contributed by atoms with Gasteiger partial charge in [0.15, 0.2) is 0 Å². The molecule has 0 radical (unpaired) electrons. The Morgan fingerprint density at radius 2 is 1.00 bits per heavy atom. The molecule has 0 aromatic carbocycles. The zero-order chi connectivity index (χ0) is 19.4. The van der Waals surface area contributed by atoms with Crippen molar-refractivity contribution in [3.63, 3.8) is 0 Å². The summed E-state index contributed by atoms with van der Waals surface area (Å²) in [6, 6.07) is 0. The smallest absolute Gasteiger partial charge is 0.336 e. The van der Waals surface area contributed by atoms with Gasteiger partial charge in [-0.25, -0.2) is 9.59 Å². The zero-order valence-corrected chi connectivity index (χ0v) is 15.6. The van der Waals surface area contributed by atoms with Crippen LogP contribution >= 0.6 is 0 Å². The summed E-state index contributed by atoms with van der Waals surface area (Å²) in [7, 11) is 0. The predicted octanol–water partition coefficient (Wildman–Crippen LogP) is 2.82. The highest BCUT2D eigenvalue weighted by Crippen LogP contribution is 2.21. The van der Waals surface area contributed by atoms with Crippen LogP contribution in [-0.4, -0.2) is 47.6 Å². The van der Waals surface area contributed by atoms with Gasteiger partial charge in [-0.15, -0.1) is 0 Å². The molecule has 0 bridgehead atoms. The minimum atomic E-state index is -0.450. The Bertz CT molecular complexity index is 429. The molecule has 0 aliphatic heterocycles. The highest BCUT2D eigenvalue weighted by molar-refractivity contribution is 5.88. The molecule has 0 spiro atoms. The third kappa shape index (κ3) is 8.63. The number of carbonyl (C=O) groups is 2. The summed E-state index contributed by atoms with van der Waals surface area (Å²) in [6.45, 7) is 6.20. The molecule has 0 unspecified atom stereocenters. The summed E-state index contributed by atoms with van der Waals surface area (Å²) in [5.74, 6) is -0.899. The van der Waals surface area contributed by atoms with Gasteiger partial charge >= 0.3 is 11.9 Å². The quantitative estimate of drug-likeness (QED) is 0.553. The van der Waals surface area contributed by atoms with E-state index < -0.39 is 11.9 Å². The SMILES string of the molecule is C=C(CO)C(=O)OC1CCCCC1.C=C(CO)C(=O)OC1CCCCC1. The van der Waals surface area contributed by atoms with E-state index >= 15 is 0 Å². The van der Waals surface area contributed by atoms with E-state index in [1.807, 2.05) is 0 Å². The second kappa shape index (κ2) is 12.7. The Kier molecular flexibility index (Phi) is 10.9. The number of hydrogen-bond acceptors (Lipinski definition) is 6. The van der Waals surface area contributed by atoms with Gasteiger partial charge in [-0.05, 0) is 51.4 Å². The number of aliphatic hydroxyl groups is 2. The molecule has 6 nitrogen and oxygen atoms in total. The van der Waals surface area contributed by atoms with Crippen LogP contribution in [0.25, 0.3) is 0 Å². The summed E-state index contributed by atoms with van der Waals surface area (Å²) >= 11 is 0. The first kappa shape index (κ1) is 22.4. The number of aliphatic hydroxyl groups excluding tert-OH is 2. The molecule has 2 rings (SSSR count). The lowest BCUT2D eigenvalue weighted by Gasteiger charge is -2.21. The fraction of sp³-hybridized carbons (Fsp3) is 0.700. The van der Waals surface area contributed by atoms with Crippen molar-refractivity contribution in [1.29, 1.82) is 0 Å². The third-order valence-electron chi connectivity index (χ3n) is 4.61. The summed E-state index contributed by atoms with van der Waals surface area (Å²) in [5, 5.41) is 17.3. The second-order valence-electron chi connectivity index (χ2n) is 6.85. The van der Waals surface area contributed by atoms with Gasteiger partial charge in [-0.1, -0.05) is 26.0 Å². The standard InChI is InChI=1S/2C10H16O3/c2*1-8(7-11)10(12)13-9-5-3-2-4-6-9/h2*9,11H,1-7H2.